The number of aliphatic hydroxyl groups is 1. The van der Waals surface area contributed by atoms with Crippen molar-refractivity contribution in [2.75, 3.05) is 31.8 Å². The second-order valence-corrected chi connectivity index (χ2v) is 10.7. The van der Waals surface area contributed by atoms with E-state index in [-0.39, 0.29) is 16.5 Å². The van der Waals surface area contributed by atoms with Crippen molar-refractivity contribution >= 4 is 33.9 Å². The number of aryl methyl sites for hydroxylation is 1. The van der Waals surface area contributed by atoms with Gasteiger partial charge < -0.3 is 24.1 Å². The van der Waals surface area contributed by atoms with E-state index in [9.17, 15) is 14.7 Å². The number of amides is 1. The van der Waals surface area contributed by atoms with Gasteiger partial charge in [0.1, 0.15) is 24.0 Å². The lowest BCUT2D eigenvalue weighted by molar-refractivity contribution is -0.132. The number of hydrogen-bond donors (Lipinski definition) is 1. The van der Waals surface area contributed by atoms with Crippen molar-refractivity contribution in [2.45, 2.75) is 33.2 Å². The second kappa shape index (κ2) is 10.9. The third-order valence-electron chi connectivity index (χ3n) is 6.44. The quantitative estimate of drug-likeness (QED) is 0.242. The molecule has 2 aromatic carbocycles. The van der Waals surface area contributed by atoms with E-state index in [4.69, 9.17) is 18.9 Å². The van der Waals surface area contributed by atoms with E-state index >= 15 is 0 Å². The Bertz CT molecular complexity index is 1450. The predicted molar refractivity (Wildman–Crippen MR) is 145 cm³/mol. The molecule has 5 rings (SSSR count). The number of rotatable bonds is 8. The van der Waals surface area contributed by atoms with Gasteiger partial charge in [-0.3, -0.25) is 14.5 Å². The molecular weight excluding hydrogens is 522 g/mol. The Morgan fingerprint density at radius 2 is 1.87 bits per heavy atom. The molecule has 0 saturated carbocycles. The van der Waals surface area contributed by atoms with Crippen LogP contribution in [0.1, 0.15) is 42.4 Å². The Morgan fingerprint density at radius 1 is 1.10 bits per heavy atom. The highest BCUT2D eigenvalue weighted by molar-refractivity contribution is 7.15. The number of benzene rings is 2. The number of carbonyl (C=O) groups excluding carboxylic acids is 2. The fraction of sp³-hybridized carbons (Fsp3) is 0.357. The Hall–Kier alpha value is -4.12. The molecule has 1 N–H and O–H groups in total. The molecule has 2 aliphatic heterocycles. The van der Waals surface area contributed by atoms with Gasteiger partial charge in [0.25, 0.3) is 5.78 Å². The van der Waals surface area contributed by atoms with E-state index < -0.39 is 17.7 Å². The van der Waals surface area contributed by atoms with Crippen molar-refractivity contribution < 1.29 is 33.6 Å². The smallest absolute Gasteiger partial charge is 0.301 e. The van der Waals surface area contributed by atoms with E-state index in [1.807, 2.05) is 0 Å². The molecule has 0 radical (unpaired) electrons. The van der Waals surface area contributed by atoms with Crippen molar-refractivity contribution in [3.8, 4) is 23.0 Å². The number of aliphatic hydroxyl groups excluding tert-OH is 1. The van der Waals surface area contributed by atoms with E-state index in [0.29, 0.717) is 64.9 Å². The molecule has 11 heteroatoms. The van der Waals surface area contributed by atoms with Crippen LogP contribution in [0.25, 0.3) is 5.76 Å². The van der Waals surface area contributed by atoms with Crippen LogP contribution in [0.3, 0.4) is 0 Å². The highest BCUT2D eigenvalue weighted by Crippen LogP contribution is 2.45. The molecule has 10 nitrogen and oxygen atoms in total. The average Bonchev–Trinajstić information content (AvgIpc) is 3.47. The molecule has 1 unspecified atom stereocenters. The van der Waals surface area contributed by atoms with Crippen LogP contribution in [0.15, 0.2) is 42.0 Å². The summed E-state index contributed by atoms with van der Waals surface area (Å²) in [6.45, 7) is 7.29. The van der Waals surface area contributed by atoms with E-state index in [1.54, 1.807) is 43.3 Å². The van der Waals surface area contributed by atoms with Crippen LogP contribution < -0.4 is 23.8 Å². The third kappa shape index (κ3) is 5.14. The maximum atomic E-state index is 13.4. The minimum absolute atomic E-state index is 0.0833. The number of fused-ring (bicyclic) bond motifs is 1. The number of ketones is 1. The molecule has 0 aliphatic carbocycles. The first-order valence-electron chi connectivity index (χ1n) is 12.6. The summed E-state index contributed by atoms with van der Waals surface area (Å²) in [6, 6.07) is 9.09. The van der Waals surface area contributed by atoms with Crippen LogP contribution in [-0.2, 0) is 9.59 Å². The SMILES string of the molecule is COc1cc(C2/C(=C(\O)c3ccc4c(c3)OCCO4)C(=O)C(=O)N2c2nnc(C)s2)ccc1OCCC(C)C. The number of nitrogens with zero attached hydrogens (tertiary/aromatic N) is 3. The molecular formula is C28H29N3O7S. The summed E-state index contributed by atoms with van der Waals surface area (Å²) in [5.41, 5.74) is 0.769. The van der Waals surface area contributed by atoms with Gasteiger partial charge in [0.15, 0.2) is 23.0 Å². The number of carbonyl (C=O) groups is 2. The fourth-order valence-electron chi connectivity index (χ4n) is 4.45. The van der Waals surface area contributed by atoms with E-state index in [1.165, 1.54) is 23.3 Å². The summed E-state index contributed by atoms with van der Waals surface area (Å²) in [6.07, 6.45) is 0.872. The first kappa shape index (κ1) is 26.5. The first-order chi connectivity index (χ1) is 18.8. The van der Waals surface area contributed by atoms with E-state index in [0.717, 1.165) is 6.42 Å². The number of anilines is 1. The summed E-state index contributed by atoms with van der Waals surface area (Å²) < 4.78 is 22.8. The Morgan fingerprint density at radius 3 is 2.56 bits per heavy atom. The second-order valence-electron chi connectivity index (χ2n) is 9.57. The molecule has 2 aliphatic rings. The summed E-state index contributed by atoms with van der Waals surface area (Å²) in [4.78, 5) is 28.1. The largest absolute Gasteiger partial charge is 0.507 e. The standard InChI is InChI=1S/C28H29N3O7S/c1-15(2)9-10-36-19-7-5-17(13-21(19)35-4)24-23(26(33)27(34)31(24)28-30-29-16(3)39-28)25(32)18-6-8-20-22(14-18)38-12-11-37-20/h5-8,13-15,24,32H,9-12H2,1-4H3/b25-23+. The minimum atomic E-state index is -0.982. The van der Waals surface area contributed by atoms with Crippen LogP contribution >= 0.6 is 11.3 Å². The molecule has 3 heterocycles. The van der Waals surface area contributed by atoms with Crippen molar-refractivity contribution in [3.05, 3.63) is 58.1 Å². The Labute approximate surface area is 229 Å². The van der Waals surface area contributed by atoms with Crippen molar-refractivity contribution in [1.82, 2.24) is 10.2 Å². The maximum absolute atomic E-state index is 13.4. The Kier molecular flexibility index (Phi) is 7.42. The van der Waals surface area contributed by atoms with Gasteiger partial charge in [-0.05, 0) is 55.2 Å². The van der Waals surface area contributed by atoms with Crippen molar-refractivity contribution in [1.29, 1.82) is 0 Å². The number of methoxy groups -OCH3 is 1. The van der Waals surface area contributed by atoms with E-state index in [2.05, 4.69) is 24.0 Å². The lowest BCUT2D eigenvalue weighted by Gasteiger charge is -2.24. The van der Waals surface area contributed by atoms with Crippen LogP contribution in [0, 0.1) is 12.8 Å². The van der Waals surface area contributed by atoms with Crippen molar-refractivity contribution in [3.63, 3.8) is 0 Å². The molecule has 0 bridgehead atoms. The topological polar surface area (TPSA) is 120 Å². The third-order valence-corrected chi connectivity index (χ3v) is 7.28. The lowest BCUT2D eigenvalue weighted by atomic mass is 9.95. The zero-order chi connectivity index (χ0) is 27.7. The zero-order valence-electron chi connectivity index (χ0n) is 22.1. The van der Waals surface area contributed by atoms with Gasteiger partial charge in [-0.2, -0.15) is 0 Å². The highest BCUT2D eigenvalue weighted by atomic mass is 32.1. The number of Topliss-reactive ketones (excluding diaryl/α,β-unsaturated/α-hetero) is 1. The molecule has 0 spiro atoms. The lowest BCUT2D eigenvalue weighted by Crippen LogP contribution is -2.29. The maximum Gasteiger partial charge on any atom is 0.301 e. The fourth-order valence-corrected chi connectivity index (χ4v) is 5.17. The van der Waals surface area contributed by atoms with Gasteiger partial charge in [-0.25, -0.2) is 0 Å². The van der Waals surface area contributed by atoms with Crippen LogP contribution in [-0.4, -0.2) is 53.9 Å². The average molecular weight is 552 g/mol. The summed E-state index contributed by atoms with van der Waals surface area (Å²) in [7, 11) is 1.52. The molecule has 3 aromatic rings. The van der Waals surface area contributed by atoms with Crippen LogP contribution in [0.5, 0.6) is 23.0 Å². The summed E-state index contributed by atoms with van der Waals surface area (Å²) in [5, 5.41) is 20.5. The molecule has 1 fully saturated rings. The highest BCUT2D eigenvalue weighted by Gasteiger charge is 2.48. The monoisotopic (exact) mass is 551 g/mol. The predicted octanol–water partition coefficient (Wildman–Crippen LogP) is 4.68. The molecule has 1 aromatic heterocycles. The van der Waals surface area contributed by atoms with Gasteiger partial charge in [-0.15, -0.1) is 10.2 Å². The first-order valence-corrected chi connectivity index (χ1v) is 13.4. The molecule has 39 heavy (non-hydrogen) atoms. The minimum Gasteiger partial charge on any atom is -0.507 e. The number of ether oxygens (including phenoxy) is 4. The summed E-state index contributed by atoms with van der Waals surface area (Å²) in [5.74, 6) is 0.452. The van der Waals surface area contributed by atoms with Gasteiger partial charge >= 0.3 is 5.91 Å². The van der Waals surface area contributed by atoms with Gasteiger partial charge in [-0.1, -0.05) is 31.3 Å². The molecule has 204 valence electrons. The molecule has 1 amide bonds. The van der Waals surface area contributed by atoms with Gasteiger partial charge in [0.05, 0.1) is 25.3 Å². The Balaban J connectivity index is 1.62. The van der Waals surface area contributed by atoms with Gasteiger partial charge in [0.2, 0.25) is 5.13 Å². The van der Waals surface area contributed by atoms with Crippen LogP contribution in [0.2, 0.25) is 0 Å². The zero-order valence-corrected chi connectivity index (χ0v) is 22.9. The molecule has 1 saturated heterocycles. The number of hydrogen-bond acceptors (Lipinski definition) is 10. The normalized spacial score (nSPS) is 18.1. The number of aromatic nitrogens is 2. The van der Waals surface area contributed by atoms with Gasteiger partial charge in [0, 0.05) is 5.56 Å². The summed E-state index contributed by atoms with van der Waals surface area (Å²) >= 11 is 1.18. The molecule has 1 atom stereocenters. The van der Waals surface area contributed by atoms with Crippen molar-refractivity contribution in [2.24, 2.45) is 5.92 Å². The van der Waals surface area contributed by atoms with Crippen LogP contribution in [0.4, 0.5) is 5.13 Å².